The lowest BCUT2D eigenvalue weighted by Crippen LogP contribution is -2.46. The van der Waals surface area contributed by atoms with Crippen LogP contribution in [0.15, 0.2) is 18.2 Å². The van der Waals surface area contributed by atoms with Crippen LogP contribution in [0.1, 0.15) is 33.3 Å². The summed E-state index contributed by atoms with van der Waals surface area (Å²) in [6.07, 6.45) is -0.231. The van der Waals surface area contributed by atoms with Gasteiger partial charge >= 0.3 is 12.1 Å². The molecule has 1 aromatic carbocycles. The minimum atomic E-state index is -0.746. The third kappa shape index (κ3) is 3.35. The van der Waals surface area contributed by atoms with Crippen molar-refractivity contribution in [2.75, 3.05) is 11.5 Å². The number of halogens is 1. The molecular formula is C16H20ClNO4. The largest absolute Gasteiger partial charge is 0.464 e. The fourth-order valence-electron chi connectivity index (χ4n) is 2.41. The molecule has 1 atom stereocenters. The van der Waals surface area contributed by atoms with Crippen molar-refractivity contribution in [2.24, 2.45) is 0 Å². The summed E-state index contributed by atoms with van der Waals surface area (Å²) in [7, 11) is 0. The number of para-hydroxylation sites is 1. The van der Waals surface area contributed by atoms with Crippen LogP contribution >= 0.6 is 11.6 Å². The average molecular weight is 326 g/mol. The Hall–Kier alpha value is -1.75. The second-order valence-electron chi connectivity index (χ2n) is 6.07. The van der Waals surface area contributed by atoms with Crippen molar-refractivity contribution < 1.29 is 19.1 Å². The highest BCUT2D eigenvalue weighted by Gasteiger charge is 2.42. The minimum absolute atomic E-state index is 0.252. The summed E-state index contributed by atoms with van der Waals surface area (Å²) in [4.78, 5) is 26.0. The van der Waals surface area contributed by atoms with Crippen LogP contribution < -0.4 is 4.90 Å². The fraction of sp³-hybridized carbons (Fsp3) is 0.500. The quantitative estimate of drug-likeness (QED) is 0.780. The first-order chi connectivity index (χ1) is 10.2. The first kappa shape index (κ1) is 16.6. The monoisotopic (exact) mass is 325 g/mol. The Kier molecular flexibility index (Phi) is 4.66. The number of ether oxygens (including phenoxy) is 2. The first-order valence-electron chi connectivity index (χ1n) is 7.21. The van der Waals surface area contributed by atoms with Crippen LogP contribution in [0.4, 0.5) is 10.5 Å². The second-order valence-corrected chi connectivity index (χ2v) is 6.48. The number of nitrogens with zero attached hydrogens (tertiary/aromatic N) is 1. The first-order valence-corrected chi connectivity index (χ1v) is 7.58. The number of carbonyl (C=O) groups is 2. The number of esters is 1. The average Bonchev–Trinajstić information content (AvgIpc) is 2.78. The van der Waals surface area contributed by atoms with Gasteiger partial charge in [-0.2, -0.15) is 0 Å². The third-order valence-corrected chi connectivity index (χ3v) is 3.49. The Morgan fingerprint density at radius 3 is 2.64 bits per heavy atom. The molecule has 1 amide bonds. The highest BCUT2D eigenvalue weighted by Crippen LogP contribution is 2.39. The van der Waals surface area contributed by atoms with E-state index in [4.69, 9.17) is 21.1 Å². The number of fused-ring (bicyclic) bond motifs is 1. The fourth-order valence-corrected chi connectivity index (χ4v) is 2.69. The number of rotatable bonds is 2. The Morgan fingerprint density at radius 2 is 2.05 bits per heavy atom. The molecule has 0 N–H and O–H groups in total. The van der Waals surface area contributed by atoms with Crippen LogP contribution in [-0.4, -0.2) is 30.3 Å². The summed E-state index contributed by atoms with van der Waals surface area (Å²) in [6.45, 7) is 7.29. The predicted molar refractivity (Wildman–Crippen MR) is 84.3 cm³/mol. The number of carbonyl (C=O) groups excluding carboxylic acids is 2. The number of benzene rings is 1. The van der Waals surface area contributed by atoms with E-state index >= 15 is 0 Å². The van der Waals surface area contributed by atoms with E-state index in [1.807, 2.05) is 6.07 Å². The molecule has 1 aliphatic heterocycles. The smallest absolute Gasteiger partial charge is 0.415 e. The molecule has 120 valence electrons. The Bertz CT molecular complexity index is 594. The molecule has 5 nitrogen and oxygen atoms in total. The summed E-state index contributed by atoms with van der Waals surface area (Å²) >= 11 is 6.23. The zero-order chi connectivity index (χ0) is 16.5. The highest BCUT2D eigenvalue weighted by atomic mass is 35.5. The van der Waals surface area contributed by atoms with Crippen molar-refractivity contribution >= 4 is 29.4 Å². The molecule has 0 fully saturated rings. The topological polar surface area (TPSA) is 55.8 Å². The molecule has 22 heavy (non-hydrogen) atoms. The molecule has 0 saturated heterocycles. The maximum Gasteiger partial charge on any atom is 0.415 e. The van der Waals surface area contributed by atoms with E-state index in [1.54, 1.807) is 39.8 Å². The number of hydrogen-bond acceptors (Lipinski definition) is 4. The van der Waals surface area contributed by atoms with Crippen molar-refractivity contribution in [3.8, 4) is 0 Å². The molecule has 0 radical (unpaired) electrons. The van der Waals surface area contributed by atoms with Crippen LogP contribution in [0.2, 0.25) is 5.02 Å². The van der Waals surface area contributed by atoms with E-state index < -0.39 is 23.7 Å². The van der Waals surface area contributed by atoms with Crippen molar-refractivity contribution in [1.29, 1.82) is 0 Å². The van der Waals surface area contributed by atoms with Gasteiger partial charge in [0.05, 0.1) is 17.3 Å². The summed E-state index contributed by atoms with van der Waals surface area (Å²) in [6, 6.07) is 4.58. The van der Waals surface area contributed by atoms with Crippen LogP contribution in [0.3, 0.4) is 0 Å². The second kappa shape index (κ2) is 6.16. The van der Waals surface area contributed by atoms with Crippen molar-refractivity contribution in [2.45, 2.75) is 45.8 Å². The molecule has 0 spiro atoms. The lowest BCUT2D eigenvalue weighted by atomic mass is 10.1. The molecule has 0 bridgehead atoms. The van der Waals surface area contributed by atoms with Crippen molar-refractivity contribution in [1.82, 2.24) is 0 Å². The van der Waals surface area contributed by atoms with Gasteiger partial charge in [0.2, 0.25) is 0 Å². The van der Waals surface area contributed by atoms with Gasteiger partial charge in [-0.3, -0.25) is 4.90 Å². The van der Waals surface area contributed by atoms with Crippen molar-refractivity contribution in [3.63, 3.8) is 0 Å². The van der Waals surface area contributed by atoms with Crippen molar-refractivity contribution in [3.05, 3.63) is 28.8 Å². The summed E-state index contributed by atoms with van der Waals surface area (Å²) in [5.41, 5.74) is 0.688. The molecule has 0 saturated carbocycles. The molecule has 0 aromatic heterocycles. The normalized spacial score (nSPS) is 17.1. The summed E-state index contributed by atoms with van der Waals surface area (Å²) < 4.78 is 10.5. The van der Waals surface area contributed by atoms with E-state index in [0.29, 0.717) is 17.1 Å². The minimum Gasteiger partial charge on any atom is -0.464 e. The molecule has 1 aromatic rings. The molecule has 0 aliphatic carbocycles. The van der Waals surface area contributed by atoms with Crippen LogP contribution in [0, 0.1) is 0 Å². The highest BCUT2D eigenvalue weighted by molar-refractivity contribution is 6.34. The van der Waals surface area contributed by atoms with Gasteiger partial charge in [-0.25, -0.2) is 9.59 Å². The van der Waals surface area contributed by atoms with E-state index in [0.717, 1.165) is 5.56 Å². The third-order valence-electron chi connectivity index (χ3n) is 3.19. The molecule has 2 rings (SSSR count). The van der Waals surface area contributed by atoms with E-state index in [1.165, 1.54) is 4.90 Å². The number of anilines is 1. The Balaban J connectivity index is 2.39. The Labute approximate surface area is 135 Å². The van der Waals surface area contributed by atoms with Gasteiger partial charge in [-0.15, -0.1) is 0 Å². The van der Waals surface area contributed by atoms with E-state index in [2.05, 4.69) is 0 Å². The number of hydrogen-bond donors (Lipinski definition) is 0. The van der Waals surface area contributed by atoms with Crippen LogP contribution in [0.5, 0.6) is 0 Å². The maximum absolute atomic E-state index is 12.5. The van der Waals surface area contributed by atoms with E-state index in [-0.39, 0.29) is 6.61 Å². The molecule has 0 unspecified atom stereocenters. The zero-order valence-corrected chi connectivity index (χ0v) is 13.9. The SMILES string of the molecule is CCOC(=O)[C@H]1Cc2cccc(Cl)c2N1C(=O)OC(C)(C)C. The molecule has 1 heterocycles. The molecule has 1 aliphatic rings. The number of amides is 1. The van der Waals surface area contributed by atoms with Gasteiger partial charge in [0.15, 0.2) is 0 Å². The predicted octanol–water partition coefficient (Wildman–Crippen LogP) is 3.57. The maximum atomic E-state index is 12.5. The molecule has 6 heteroatoms. The standard InChI is InChI=1S/C16H20ClNO4/c1-5-21-14(19)12-9-10-7-6-8-11(17)13(10)18(12)15(20)22-16(2,3)4/h6-8,12H,5,9H2,1-4H3/t12-/m1/s1. The zero-order valence-electron chi connectivity index (χ0n) is 13.2. The van der Waals surface area contributed by atoms with Crippen LogP contribution in [0.25, 0.3) is 0 Å². The van der Waals surface area contributed by atoms with Gasteiger partial charge in [0, 0.05) is 6.42 Å². The van der Waals surface area contributed by atoms with Gasteiger partial charge < -0.3 is 9.47 Å². The molecular weight excluding hydrogens is 306 g/mol. The summed E-state index contributed by atoms with van der Waals surface area (Å²) in [5.74, 6) is -0.458. The Morgan fingerprint density at radius 1 is 1.36 bits per heavy atom. The van der Waals surface area contributed by atoms with Gasteiger partial charge in [0.1, 0.15) is 11.6 Å². The van der Waals surface area contributed by atoms with Gasteiger partial charge in [-0.05, 0) is 39.3 Å². The van der Waals surface area contributed by atoms with Gasteiger partial charge in [0.25, 0.3) is 0 Å². The lowest BCUT2D eigenvalue weighted by Gasteiger charge is -2.28. The van der Waals surface area contributed by atoms with Crippen LogP contribution in [-0.2, 0) is 20.7 Å². The lowest BCUT2D eigenvalue weighted by molar-refractivity contribution is -0.144. The summed E-state index contributed by atoms with van der Waals surface area (Å²) in [5, 5.41) is 0.412. The van der Waals surface area contributed by atoms with Gasteiger partial charge in [-0.1, -0.05) is 23.7 Å². The van der Waals surface area contributed by atoms with E-state index in [9.17, 15) is 9.59 Å².